The maximum absolute atomic E-state index is 11.5. The summed E-state index contributed by atoms with van der Waals surface area (Å²) in [5.41, 5.74) is 0.675. The molecule has 1 aromatic carbocycles. The number of carbonyl (C=O) groups is 1. The molecule has 0 radical (unpaired) electrons. The van der Waals surface area contributed by atoms with E-state index >= 15 is 0 Å². The van der Waals surface area contributed by atoms with Crippen LogP contribution in [0.5, 0.6) is 5.75 Å². The zero-order chi connectivity index (χ0) is 13.7. The number of Topliss-reactive ketones (excluding diaryl/α,β-unsaturated/α-hetero) is 1. The van der Waals surface area contributed by atoms with E-state index in [1.165, 1.54) is 25.8 Å². The Kier molecular flexibility index (Phi) is 4.97. The van der Waals surface area contributed by atoms with Gasteiger partial charge in [-0.25, -0.2) is 0 Å². The summed E-state index contributed by atoms with van der Waals surface area (Å²) in [4.78, 5) is 14.0. The van der Waals surface area contributed by atoms with Gasteiger partial charge in [0.25, 0.3) is 0 Å². The summed E-state index contributed by atoms with van der Waals surface area (Å²) in [5, 5.41) is 0. The van der Waals surface area contributed by atoms with Crippen molar-refractivity contribution in [3.63, 3.8) is 0 Å². The first-order valence-corrected chi connectivity index (χ1v) is 7.15. The predicted molar refractivity (Wildman–Crippen MR) is 76.8 cm³/mol. The minimum absolute atomic E-state index is 0.0574. The Balaban J connectivity index is 1.87. The highest BCUT2D eigenvalue weighted by atomic mass is 16.5. The molecule has 3 nitrogen and oxygen atoms in total. The van der Waals surface area contributed by atoms with Gasteiger partial charge in [-0.05, 0) is 45.4 Å². The number of piperidine rings is 1. The first-order valence-electron chi connectivity index (χ1n) is 7.15. The minimum atomic E-state index is 0.0574. The number of carbonyl (C=O) groups excluding carboxylic acids is 1. The lowest BCUT2D eigenvalue weighted by molar-refractivity contribution is 0.101. The molecule has 1 unspecified atom stereocenters. The van der Waals surface area contributed by atoms with Crippen molar-refractivity contribution in [3.8, 4) is 5.75 Å². The molecule has 2 rings (SSSR count). The molecule has 1 saturated heterocycles. The van der Waals surface area contributed by atoms with Crippen molar-refractivity contribution in [2.45, 2.75) is 39.2 Å². The van der Waals surface area contributed by atoms with E-state index in [1.807, 2.05) is 24.3 Å². The molecule has 1 heterocycles. The van der Waals surface area contributed by atoms with Crippen LogP contribution in [-0.4, -0.2) is 36.4 Å². The van der Waals surface area contributed by atoms with Gasteiger partial charge in [-0.15, -0.1) is 0 Å². The molecule has 1 aromatic rings. The zero-order valence-electron chi connectivity index (χ0n) is 11.9. The van der Waals surface area contributed by atoms with Gasteiger partial charge in [-0.3, -0.25) is 9.69 Å². The van der Waals surface area contributed by atoms with Crippen molar-refractivity contribution < 1.29 is 9.53 Å². The van der Waals surface area contributed by atoms with E-state index in [0.717, 1.165) is 6.54 Å². The standard InChI is InChI=1S/C16H23NO2/c1-13-7-5-6-10-17(13)11-12-19-16-9-4-3-8-15(16)14(2)18/h3-4,8-9,13H,5-7,10-12H2,1-2H3. The molecule has 19 heavy (non-hydrogen) atoms. The largest absolute Gasteiger partial charge is 0.491 e. The van der Waals surface area contributed by atoms with Gasteiger partial charge in [0.2, 0.25) is 0 Å². The second-order valence-electron chi connectivity index (χ2n) is 5.28. The fourth-order valence-electron chi connectivity index (χ4n) is 2.65. The SMILES string of the molecule is CC(=O)c1ccccc1OCCN1CCCCC1C. The number of ether oxygens (including phenoxy) is 1. The average molecular weight is 261 g/mol. The molecular weight excluding hydrogens is 238 g/mol. The maximum atomic E-state index is 11.5. The minimum Gasteiger partial charge on any atom is -0.491 e. The Bertz CT molecular complexity index is 431. The Labute approximate surface area is 115 Å². The van der Waals surface area contributed by atoms with E-state index in [2.05, 4.69) is 11.8 Å². The molecule has 1 aliphatic heterocycles. The zero-order valence-corrected chi connectivity index (χ0v) is 11.9. The van der Waals surface area contributed by atoms with Crippen molar-refractivity contribution in [1.82, 2.24) is 4.90 Å². The summed E-state index contributed by atoms with van der Waals surface area (Å²) >= 11 is 0. The smallest absolute Gasteiger partial charge is 0.163 e. The van der Waals surface area contributed by atoms with Crippen molar-refractivity contribution in [2.24, 2.45) is 0 Å². The summed E-state index contributed by atoms with van der Waals surface area (Å²) in [6, 6.07) is 8.12. The third-order valence-electron chi connectivity index (χ3n) is 3.84. The highest BCUT2D eigenvalue weighted by Crippen LogP contribution is 2.19. The van der Waals surface area contributed by atoms with Crippen LogP contribution in [0.1, 0.15) is 43.5 Å². The van der Waals surface area contributed by atoms with Crippen LogP contribution in [0.25, 0.3) is 0 Å². The Hall–Kier alpha value is -1.35. The summed E-state index contributed by atoms with van der Waals surface area (Å²) < 4.78 is 5.79. The Morgan fingerprint density at radius 2 is 2.16 bits per heavy atom. The first kappa shape index (κ1) is 14.1. The number of ketones is 1. The van der Waals surface area contributed by atoms with E-state index in [1.54, 1.807) is 6.92 Å². The predicted octanol–water partition coefficient (Wildman–Crippen LogP) is 3.14. The van der Waals surface area contributed by atoms with Gasteiger partial charge in [0.05, 0.1) is 5.56 Å². The Morgan fingerprint density at radius 3 is 2.89 bits per heavy atom. The van der Waals surface area contributed by atoms with Crippen LogP contribution in [0.15, 0.2) is 24.3 Å². The van der Waals surface area contributed by atoms with Crippen molar-refractivity contribution in [1.29, 1.82) is 0 Å². The van der Waals surface area contributed by atoms with Gasteiger partial charge in [-0.2, -0.15) is 0 Å². The quantitative estimate of drug-likeness (QED) is 0.763. The molecule has 1 atom stereocenters. The van der Waals surface area contributed by atoms with Crippen LogP contribution in [0.3, 0.4) is 0 Å². The molecule has 1 fully saturated rings. The number of para-hydroxylation sites is 1. The second-order valence-corrected chi connectivity index (χ2v) is 5.28. The molecule has 0 bridgehead atoms. The fraction of sp³-hybridized carbons (Fsp3) is 0.562. The third-order valence-corrected chi connectivity index (χ3v) is 3.84. The molecule has 3 heteroatoms. The highest BCUT2D eigenvalue weighted by Gasteiger charge is 2.17. The van der Waals surface area contributed by atoms with Crippen LogP contribution in [-0.2, 0) is 0 Å². The van der Waals surface area contributed by atoms with Gasteiger partial charge in [0.15, 0.2) is 5.78 Å². The van der Waals surface area contributed by atoms with Crippen molar-refractivity contribution >= 4 is 5.78 Å². The molecular formula is C16H23NO2. The van der Waals surface area contributed by atoms with E-state index in [-0.39, 0.29) is 5.78 Å². The number of rotatable bonds is 5. The topological polar surface area (TPSA) is 29.5 Å². The summed E-state index contributed by atoms with van der Waals surface area (Å²) in [6.07, 6.45) is 3.91. The summed E-state index contributed by atoms with van der Waals surface area (Å²) in [6.45, 7) is 6.61. The van der Waals surface area contributed by atoms with Crippen LogP contribution in [0.2, 0.25) is 0 Å². The molecule has 0 N–H and O–H groups in total. The van der Waals surface area contributed by atoms with Crippen LogP contribution in [0.4, 0.5) is 0 Å². The number of nitrogens with zero attached hydrogens (tertiary/aromatic N) is 1. The lowest BCUT2D eigenvalue weighted by Gasteiger charge is -2.33. The van der Waals surface area contributed by atoms with Gasteiger partial charge >= 0.3 is 0 Å². The van der Waals surface area contributed by atoms with Crippen molar-refractivity contribution in [2.75, 3.05) is 19.7 Å². The van der Waals surface area contributed by atoms with Crippen LogP contribution in [0, 0.1) is 0 Å². The van der Waals surface area contributed by atoms with Crippen LogP contribution >= 0.6 is 0 Å². The molecule has 1 aliphatic rings. The number of hydrogen-bond donors (Lipinski definition) is 0. The number of hydrogen-bond acceptors (Lipinski definition) is 3. The van der Waals surface area contributed by atoms with E-state index < -0.39 is 0 Å². The molecule has 0 aromatic heterocycles. The van der Waals surface area contributed by atoms with E-state index in [4.69, 9.17) is 4.74 Å². The van der Waals surface area contributed by atoms with E-state index in [0.29, 0.717) is 24.0 Å². The molecule has 0 amide bonds. The molecule has 0 spiro atoms. The number of likely N-dealkylation sites (tertiary alicyclic amines) is 1. The maximum Gasteiger partial charge on any atom is 0.163 e. The summed E-state index contributed by atoms with van der Waals surface area (Å²) in [7, 11) is 0. The van der Waals surface area contributed by atoms with Gasteiger partial charge in [0.1, 0.15) is 12.4 Å². The van der Waals surface area contributed by atoms with E-state index in [9.17, 15) is 4.79 Å². The average Bonchev–Trinajstić information content (AvgIpc) is 2.41. The van der Waals surface area contributed by atoms with Crippen molar-refractivity contribution in [3.05, 3.63) is 29.8 Å². The van der Waals surface area contributed by atoms with Crippen LogP contribution < -0.4 is 4.74 Å². The third kappa shape index (κ3) is 3.80. The van der Waals surface area contributed by atoms with Gasteiger partial charge < -0.3 is 4.74 Å². The van der Waals surface area contributed by atoms with Gasteiger partial charge in [0, 0.05) is 12.6 Å². The van der Waals surface area contributed by atoms with Gasteiger partial charge in [-0.1, -0.05) is 18.6 Å². The second kappa shape index (κ2) is 6.71. The lowest BCUT2D eigenvalue weighted by atomic mass is 10.0. The molecule has 104 valence electrons. The Morgan fingerprint density at radius 1 is 1.37 bits per heavy atom. The summed E-state index contributed by atoms with van der Waals surface area (Å²) in [5.74, 6) is 0.765. The lowest BCUT2D eigenvalue weighted by Crippen LogP contribution is -2.39. The molecule has 0 aliphatic carbocycles. The number of benzene rings is 1. The molecule has 0 saturated carbocycles. The fourth-order valence-corrected chi connectivity index (χ4v) is 2.65. The first-order chi connectivity index (χ1) is 9.18. The normalized spacial score (nSPS) is 20.2. The monoisotopic (exact) mass is 261 g/mol. The highest BCUT2D eigenvalue weighted by molar-refractivity contribution is 5.96.